The minimum absolute atomic E-state index is 0.210. The van der Waals surface area contributed by atoms with Crippen molar-refractivity contribution in [2.75, 3.05) is 13.2 Å². The first-order chi connectivity index (χ1) is 9.49. The summed E-state index contributed by atoms with van der Waals surface area (Å²) in [5.41, 5.74) is -1.72. The van der Waals surface area contributed by atoms with Gasteiger partial charge in [-0.15, -0.1) is 0 Å². The van der Waals surface area contributed by atoms with E-state index < -0.39 is 33.7 Å². The average Bonchev–Trinajstić information content (AvgIpc) is 2.41. The number of hydrogen-bond donors (Lipinski definition) is 1. The second-order valence-electron chi connectivity index (χ2n) is 4.40. The summed E-state index contributed by atoms with van der Waals surface area (Å²) in [6, 6.07) is 0.885. The molecule has 1 aliphatic heterocycles. The molecule has 0 aromatic heterocycles. The van der Waals surface area contributed by atoms with E-state index in [0.717, 1.165) is 0 Å². The maximum atomic E-state index is 13.8. The smallest absolute Gasteiger partial charge is 0.308 e. The van der Waals surface area contributed by atoms with Crippen LogP contribution in [-0.2, 0) is 4.74 Å². The molecule has 20 heavy (non-hydrogen) atoms. The molecule has 108 valence electrons. The van der Waals surface area contributed by atoms with Crippen molar-refractivity contribution in [2.45, 2.75) is 18.9 Å². The third kappa shape index (κ3) is 3.08. The number of carbonyl (C=O) groups is 1. The molecule has 0 bridgehead atoms. The first-order valence-electron chi connectivity index (χ1n) is 6.01. The summed E-state index contributed by atoms with van der Waals surface area (Å²) < 4.78 is 32.2. The molecule has 8 heteroatoms. The largest absolute Gasteiger partial charge is 0.381 e. The van der Waals surface area contributed by atoms with Crippen LogP contribution >= 0.6 is 0 Å². The second-order valence-corrected chi connectivity index (χ2v) is 4.40. The van der Waals surface area contributed by atoms with E-state index in [0.29, 0.717) is 38.2 Å². The molecule has 1 fully saturated rings. The van der Waals surface area contributed by atoms with Crippen LogP contribution in [0.4, 0.5) is 14.5 Å². The second kappa shape index (κ2) is 5.91. The number of rotatable bonds is 3. The Balaban J connectivity index is 2.22. The summed E-state index contributed by atoms with van der Waals surface area (Å²) in [4.78, 5) is 21.4. The molecule has 0 saturated carbocycles. The standard InChI is InChI=1S/C12H12F2N2O4/c13-7-5-9(11(14)10(6-7)16(18)19)12(17)15-8-1-3-20-4-2-8/h5-6,8H,1-4H2,(H,15,17). The molecular weight excluding hydrogens is 274 g/mol. The molecule has 1 saturated heterocycles. The van der Waals surface area contributed by atoms with Crippen molar-refractivity contribution in [1.82, 2.24) is 5.32 Å². The summed E-state index contributed by atoms with van der Waals surface area (Å²) in [6.45, 7) is 0.938. The van der Waals surface area contributed by atoms with Gasteiger partial charge in [0.25, 0.3) is 5.91 Å². The Morgan fingerprint density at radius 2 is 2.00 bits per heavy atom. The minimum Gasteiger partial charge on any atom is -0.381 e. The minimum atomic E-state index is -1.33. The maximum absolute atomic E-state index is 13.8. The lowest BCUT2D eigenvalue weighted by atomic mass is 10.1. The van der Waals surface area contributed by atoms with E-state index in [1.54, 1.807) is 0 Å². The van der Waals surface area contributed by atoms with Crippen LogP contribution in [0.5, 0.6) is 0 Å². The Bertz CT molecular complexity index is 545. The van der Waals surface area contributed by atoms with E-state index in [1.807, 2.05) is 0 Å². The van der Waals surface area contributed by atoms with E-state index in [-0.39, 0.29) is 6.04 Å². The number of nitro benzene ring substituents is 1. The summed E-state index contributed by atoms with van der Waals surface area (Å²) in [5.74, 6) is -3.23. The van der Waals surface area contributed by atoms with Gasteiger partial charge in [-0.2, -0.15) is 4.39 Å². The van der Waals surface area contributed by atoms with Gasteiger partial charge in [-0.25, -0.2) is 4.39 Å². The molecule has 0 aliphatic carbocycles. The van der Waals surface area contributed by atoms with Gasteiger partial charge in [0.1, 0.15) is 5.82 Å². The van der Waals surface area contributed by atoms with Gasteiger partial charge in [0, 0.05) is 19.3 Å². The molecule has 2 rings (SSSR count). The van der Waals surface area contributed by atoms with Crippen LogP contribution in [0, 0.1) is 21.7 Å². The predicted molar refractivity (Wildman–Crippen MR) is 64.3 cm³/mol. The van der Waals surface area contributed by atoms with Gasteiger partial charge < -0.3 is 10.1 Å². The number of carbonyl (C=O) groups excluding carboxylic acids is 1. The van der Waals surface area contributed by atoms with Gasteiger partial charge in [-0.1, -0.05) is 0 Å². The predicted octanol–water partition coefficient (Wildman–Crippen LogP) is 1.78. The highest BCUT2D eigenvalue weighted by Gasteiger charge is 2.26. The molecule has 1 aliphatic rings. The van der Waals surface area contributed by atoms with Gasteiger partial charge in [0.2, 0.25) is 5.82 Å². The number of halogens is 2. The number of nitrogens with zero attached hydrogens (tertiary/aromatic N) is 1. The highest BCUT2D eigenvalue weighted by molar-refractivity contribution is 5.95. The highest BCUT2D eigenvalue weighted by Crippen LogP contribution is 2.22. The molecule has 1 N–H and O–H groups in total. The van der Waals surface area contributed by atoms with Gasteiger partial charge in [-0.3, -0.25) is 14.9 Å². The fourth-order valence-electron chi connectivity index (χ4n) is 1.98. The van der Waals surface area contributed by atoms with E-state index in [4.69, 9.17) is 4.74 Å². The van der Waals surface area contributed by atoms with Crippen LogP contribution in [0.15, 0.2) is 12.1 Å². The number of nitro groups is 1. The summed E-state index contributed by atoms with van der Waals surface area (Å²) in [5, 5.41) is 13.1. The summed E-state index contributed by atoms with van der Waals surface area (Å²) >= 11 is 0. The van der Waals surface area contributed by atoms with Gasteiger partial charge in [0.05, 0.1) is 16.6 Å². The van der Waals surface area contributed by atoms with Crippen molar-refractivity contribution in [2.24, 2.45) is 0 Å². The summed E-state index contributed by atoms with van der Waals surface area (Å²) in [6.07, 6.45) is 1.12. The Kier molecular flexibility index (Phi) is 4.23. The van der Waals surface area contributed by atoms with E-state index in [1.165, 1.54) is 0 Å². The fraction of sp³-hybridized carbons (Fsp3) is 0.417. The number of benzene rings is 1. The summed E-state index contributed by atoms with van der Waals surface area (Å²) in [7, 11) is 0. The van der Waals surface area contributed by atoms with Crippen LogP contribution in [0.2, 0.25) is 0 Å². The average molecular weight is 286 g/mol. The SMILES string of the molecule is O=C(NC1CCOCC1)c1cc(F)cc([N+](=O)[O-])c1F. The highest BCUT2D eigenvalue weighted by atomic mass is 19.1. The Hall–Kier alpha value is -2.09. The van der Waals surface area contributed by atoms with Gasteiger partial charge in [-0.05, 0) is 18.9 Å². The molecule has 1 amide bonds. The molecule has 0 radical (unpaired) electrons. The number of hydrogen-bond acceptors (Lipinski definition) is 4. The molecule has 0 atom stereocenters. The number of amides is 1. The Labute approximate surface area is 112 Å². The maximum Gasteiger partial charge on any atom is 0.308 e. The van der Waals surface area contributed by atoms with Crippen molar-refractivity contribution in [1.29, 1.82) is 0 Å². The van der Waals surface area contributed by atoms with Gasteiger partial charge in [0.15, 0.2) is 0 Å². The van der Waals surface area contributed by atoms with Crippen LogP contribution in [-0.4, -0.2) is 30.1 Å². The molecule has 0 unspecified atom stereocenters. The molecular formula is C12H12F2N2O4. The van der Waals surface area contributed by atoms with Crippen LogP contribution in [0.3, 0.4) is 0 Å². The number of nitrogens with one attached hydrogen (secondary N) is 1. The lowest BCUT2D eigenvalue weighted by Gasteiger charge is -2.23. The van der Waals surface area contributed by atoms with Crippen molar-refractivity contribution < 1.29 is 23.2 Å². The molecule has 6 nitrogen and oxygen atoms in total. The zero-order chi connectivity index (χ0) is 14.7. The quantitative estimate of drug-likeness (QED) is 0.678. The molecule has 0 spiro atoms. The lowest BCUT2D eigenvalue weighted by molar-refractivity contribution is -0.387. The van der Waals surface area contributed by atoms with Gasteiger partial charge >= 0.3 is 5.69 Å². The monoisotopic (exact) mass is 286 g/mol. The van der Waals surface area contributed by atoms with E-state index in [9.17, 15) is 23.7 Å². The molecule has 1 aromatic rings. The normalized spacial score (nSPS) is 15.9. The zero-order valence-electron chi connectivity index (χ0n) is 10.4. The fourth-order valence-corrected chi connectivity index (χ4v) is 1.98. The molecule has 1 heterocycles. The van der Waals surface area contributed by atoms with Crippen LogP contribution < -0.4 is 5.32 Å². The van der Waals surface area contributed by atoms with E-state index in [2.05, 4.69) is 5.32 Å². The van der Waals surface area contributed by atoms with Crippen molar-refractivity contribution in [3.63, 3.8) is 0 Å². The third-order valence-electron chi connectivity index (χ3n) is 3.02. The molecule has 1 aromatic carbocycles. The van der Waals surface area contributed by atoms with Crippen molar-refractivity contribution in [3.05, 3.63) is 39.4 Å². The first kappa shape index (κ1) is 14.3. The number of ether oxygens (including phenoxy) is 1. The topological polar surface area (TPSA) is 81.5 Å². The van der Waals surface area contributed by atoms with Crippen LogP contribution in [0.1, 0.15) is 23.2 Å². The first-order valence-corrected chi connectivity index (χ1v) is 6.01. The Morgan fingerprint density at radius 1 is 1.35 bits per heavy atom. The van der Waals surface area contributed by atoms with Crippen molar-refractivity contribution in [3.8, 4) is 0 Å². The lowest BCUT2D eigenvalue weighted by Crippen LogP contribution is -2.39. The zero-order valence-corrected chi connectivity index (χ0v) is 10.4. The third-order valence-corrected chi connectivity index (χ3v) is 3.02. The van der Waals surface area contributed by atoms with E-state index >= 15 is 0 Å². The van der Waals surface area contributed by atoms with Crippen LogP contribution in [0.25, 0.3) is 0 Å². The Morgan fingerprint density at radius 3 is 2.60 bits per heavy atom. The van der Waals surface area contributed by atoms with Crippen molar-refractivity contribution >= 4 is 11.6 Å².